The van der Waals surface area contributed by atoms with Crippen molar-refractivity contribution in [2.75, 3.05) is 7.11 Å². The number of carbonyl (C=O) groups excluding carboxylic acids is 1. The highest BCUT2D eigenvalue weighted by Gasteiger charge is 2.39. The summed E-state index contributed by atoms with van der Waals surface area (Å²) in [7, 11) is 0.831. The van der Waals surface area contributed by atoms with E-state index in [1.54, 1.807) is 0 Å². The molecular formula is C9H5F5N2O5. The van der Waals surface area contributed by atoms with E-state index in [2.05, 4.69) is 14.5 Å². The number of esters is 1. The number of carbonyl (C=O) groups is 1. The van der Waals surface area contributed by atoms with Crippen LogP contribution in [0.2, 0.25) is 0 Å². The van der Waals surface area contributed by atoms with Crippen LogP contribution in [0, 0.1) is 10.1 Å². The Balaban J connectivity index is 3.58. The summed E-state index contributed by atoms with van der Waals surface area (Å²) in [6.07, 6.45) is -9.10. The van der Waals surface area contributed by atoms with Gasteiger partial charge in [0, 0.05) is 0 Å². The second-order valence-electron chi connectivity index (χ2n) is 3.34. The van der Waals surface area contributed by atoms with Crippen LogP contribution in [0.25, 0.3) is 0 Å². The number of methoxy groups -OCH3 is 1. The van der Waals surface area contributed by atoms with Gasteiger partial charge in [-0.2, -0.15) is 0 Å². The minimum atomic E-state index is -5.46. The number of nitro groups is 1. The van der Waals surface area contributed by atoms with Crippen molar-refractivity contribution in [3.8, 4) is 5.75 Å². The highest BCUT2D eigenvalue weighted by molar-refractivity contribution is 5.88. The fraction of sp³-hybridized carbons (Fsp3) is 0.333. The number of pyridine rings is 1. The zero-order valence-electron chi connectivity index (χ0n) is 9.98. The fourth-order valence-corrected chi connectivity index (χ4v) is 1.25. The van der Waals surface area contributed by atoms with Gasteiger partial charge < -0.3 is 9.47 Å². The quantitative estimate of drug-likeness (QED) is 0.367. The summed E-state index contributed by atoms with van der Waals surface area (Å²) in [5.74, 6) is -3.12. The van der Waals surface area contributed by atoms with Crippen molar-refractivity contribution in [3.63, 3.8) is 0 Å². The van der Waals surface area contributed by atoms with Crippen LogP contribution in [-0.4, -0.2) is 29.3 Å². The number of ether oxygens (including phenoxy) is 2. The van der Waals surface area contributed by atoms with Crippen LogP contribution in [0.5, 0.6) is 5.75 Å². The van der Waals surface area contributed by atoms with Crippen LogP contribution in [0.1, 0.15) is 22.6 Å². The van der Waals surface area contributed by atoms with Crippen LogP contribution < -0.4 is 4.74 Å². The third-order valence-corrected chi connectivity index (χ3v) is 2.00. The summed E-state index contributed by atoms with van der Waals surface area (Å²) in [4.78, 5) is 23.3. The first-order valence-electron chi connectivity index (χ1n) is 4.88. The maximum Gasteiger partial charge on any atom is 0.573 e. The minimum Gasteiger partial charge on any atom is -0.464 e. The van der Waals surface area contributed by atoms with Gasteiger partial charge in [-0.05, 0) is 0 Å². The summed E-state index contributed by atoms with van der Waals surface area (Å²) < 4.78 is 69.2. The summed E-state index contributed by atoms with van der Waals surface area (Å²) in [6, 6.07) is 0.249. The highest BCUT2D eigenvalue weighted by Crippen LogP contribution is 2.39. The van der Waals surface area contributed by atoms with Gasteiger partial charge in [0.1, 0.15) is 0 Å². The van der Waals surface area contributed by atoms with Crippen LogP contribution in [-0.2, 0) is 4.74 Å². The Bertz CT molecular complexity index is 574. The van der Waals surface area contributed by atoms with Crippen molar-refractivity contribution < 1.29 is 41.1 Å². The van der Waals surface area contributed by atoms with E-state index < -0.39 is 46.5 Å². The molecule has 116 valence electrons. The molecule has 0 spiro atoms. The lowest BCUT2D eigenvalue weighted by atomic mass is 10.2. The second kappa shape index (κ2) is 5.85. The SMILES string of the molecule is COC(=O)c1cc([N+](=O)[O-])c(OC(F)(F)F)c(C(F)F)n1. The molecule has 0 unspecified atom stereocenters. The van der Waals surface area contributed by atoms with E-state index in [9.17, 15) is 36.9 Å². The maximum absolute atomic E-state index is 12.7. The summed E-state index contributed by atoms with van der Waals surface area (Å²) in [5, 5.41) is 10.7. The standard InChI is InChI=1S/C9H5F5N2O5/c1-20-8(17)3-2-4(16(18)19)6(21-9(12,13)14)5(15-3)7(10)11/h2,7H,1H3. The number of aromatic nitrogens is 1. The Hall–Kier alpha value is -2.53. The third-order valence-electron chi connectivity index (χ3n) is 2.00. The van der Waals surface area contributed by atoms with E-state index >= 15 is 0 Å². The van der Waals surface area contributed by atoms with E-state index in [-0.39, 0.29) is 6.07 Å². The molecule has 1 aromatic heterocycles. The minimum absolute atomic E-state index is 0.249. The molecule has 0 saturated carbocycles. The van der Waals surface area contributed by atoms with Gasteiger partial charge in [0.25, 0.3) is 6.43 Å². The second-order valence-corrected chi connectivity index (χ2v) is 3.34. The molecule has 0 aromatic carbocycles. The lowest BCUT2D eigenvalue weighted by Crippen LogP contribution is -2.20. The Kier molecular flexibility index (Phi) is 4.60. The molecule has 1 rings (SSSR count). The largest absolute Gasteiger partial charge is 0.573 e. The van der Waals surface area contributed by atoms with Gasteiger partial charge in [0.05, 0.1) is 18.1 Å². The fourth-order valence-electron chi connectivity index (χ4n) is 1.25. The normalized spacial score (nSPS) is 11.4. The van der Waals surface area contributed by atoms with Crippen molar-refractivity contribution in [3.05, 3.63) is 27.6 Å². The molecule has 12 heteroatoms. The predicted molar refractivity (Wildman–Crippen MR) is 53.9 cm³/mol. The first kappa shape index (κ1) is 16.5. The van der Waals surface area contributed by atoms with Crippen molar-refractivity contribution in [1.82, 2.24) is 4.98 Å². The van der Waals surface area contributed by atoms with Gasteiger partial charge in [-0.25, -0.2) is 18.6 Å². The van der Waals surface area contributed by atoms with Gasteiger partial charge in [-0.15, -0.1) is 13.2 Å². The van der Waals surface area contributed by atoms with E-state index in [0.29, 0.717) is 0 Å². The summed E-state index contributed by atoms with van der Waals surface area (Å²) >= 11 is 0. The van der Waals surface area contributed by atoms with Gasteiger partial charge in [-0.1, -0.05) is 0 Å². The first-order chi connectivity index (χ1) is 9.56. The van der Waals surface area contributed by atoms with E-state index in [1.165, 1.54) is 0 Å². The Morgan fingerprint density at radius 1 is 1.43 bits per heavy atom. The summed E-state index contributed by atoms with van der Waals surface area (Å²) in [6.45, 7) is 0. The third kappa shape index (κ3) is 3.97. The monoisotopic (exact) mass is 316 g/mol. The van der Waals surface area contributed by atoms with Crippen molar-refractivity contribution >= 4 is 11.7 Å². The topological polar surface area (TPSA) is 91.6 Å². The van der Waals surface area contributed by atoms with Crippen molar-refractivity contribution in [2.24, 2.45) is 0 Å². The first-order valence-corrected chi connectivity index (χ1v) is 4.88. The molecule has 0 radical (unpaired) electrons. The Morgan fingerprint density at radius 2 is 2.00 bits per heavy atom. The molecule has 1 aromatic rings. The highest BCUT2D eigenvalue weighted by atomic mass is 19.4. The molecule has 0 amide bonds. The van der Waals surface area contributed by atoms with Gasteiger partial charge in [0.2, 0.25) is 5.75 Å². The average molecular weight is 316 g/mol. The van der Waals surface area contributed by atoms with Gasteiger partial charge in [-0.3, -0.25) is 10.1 Å². The van der Waals surface area contributed by atoms with Crippen LogP contribution >= 0.6 is 0 Å². The molecule has 0 aliphatic heterocycles. The Morgan fingerprint density at radius 3 is 2.38 bits per heavy atom. The van der Waals surface area contributed by atoms with Gasteiger partial charge >= 0.3 is 18.0 Å². The van der Waals surface area contributed by atoms with Gasteiger partial charge in [0.15, 0.2) is 11.4 Å². The number of alkyl halides is 5. The molecule has 7 nitrogen and oxygen atoms in total. The van der Waals surface area contributed by atoms with Crippen LogP contribution in [0.4, 0.5) is 27.6 Å². The molecule has 0 N–H and O–H groups in total. The number of halogens is 5. The lowest BCUT2D eigenvalue weighted by molar-refractivity contribution is -0.389. The Labute approximate surface area is 112 Å². The molecule has 0 saturated heterocycles. The molecule has 0 bridgehead atoms. The molecule has 21 heavy (non-hydrogen) atoms. The number of hydrogen-bond acceptors (Lipinski definition) is 6. The molecule has 0 atom stereocenters. The molecular weight excluding hydrogens is 311 g/mol. The van der Waals surface area contributed by atoms with Crippen LogP contribution in [0.3, 0.4) is 0 Å². The zero-order valence-corrected chi connectivity index (χ0v) is 9.98. The maximum atomic E-state index is 12.7. The smallest absolute Gasteiger partial charge is 0.464 e. The van der Waals surface area contributed by atoms with E-state index in [4.69, 9.17) is 0 Å². The number of hydrogen-bond donors (Lipinski definition) is 0. The van der Waals surface area contributed by atoms with E-state index in [1.807, 2.05) is 0 Å². The molecule has 0 aliphatic rings. The molecule has 0 aliphatic carbocycles. The molecule has 1 heterocycles. The average Bonchev–Trinajstić information content (AvgIpc) is 2.35. The van der Waals surface area contributed by atoms with E-state index in [0.717, 1.165) is 7.11 Å². The lowest BCUT2D eigenvalue weighted by Gasteiger charge is -2.13. The van der Waals surface area contributed by atoms with Crippen LogP contribution in [0.15, 0.2) is 6.07 Å². The number of nitrogens with zero attached hydrogens (tertiary/aromatic N) is 2. The predicted octanol–water partition coefficient (Wildman–Crippen LogP) is 2.61. The molecule has 0 fully saturated rings. The van der Waals surface area contributed by atoms with Crippen molar-refractivity contribution in [1.29, 1.82) is 0 Å². The summed E-state index contributed by atoms with van der Waals surface area (Å²) in [5.41, 5.74) is -4.13. The van der Waals surface area contributed by atoms with Crippen molar-refractivity contribution in [2.45, 2.75) is 12.8 Å². The zero-order chi connectivity index (χ0) is 16.4. The number of rotatable bonds is 4.